The Kier molecular flexibility index (Phi) is 8.08. The third-order valence-corrected chi connectivity index (χ3v) is 6.02. The highest BCUT2D eigenvalue weighted by molar-refractivity contribution is 7.16. The topological polar surface area (TPSA) is 117 Å². The summed E-state index contributed by atoms with van der Waals surface area (Å²) < 4.78 is 6.71. The maximum absolute atomic E-state index is 12.4. The number of ether oxygens (including phenoxy) is 1. The van der Waals surface area contributed by atoms with Crippen molar-refractivity contribution in [3.8, 4) is 5.75 Å². The molecule has 0 saturated carbocycles. The van der Waals surface area contributed by atoms with Gasteiger partial charge >= 0.3 is 4.87 Å². The van der Waals surface area contributed by atoms with Gasteiger partial charge in [0, 0.05) is 18.5 Å². The fraction of sp³-hybridized carbons (Fsp3) is 0.391. The highest BCUT2D eigenvalue weighted by Crippen LogP contribution is 2.28. The van der Waals surface area contributed by atoms with Crippen LogP contribution in [0.1, 0.15) is 43.7 Å². The monoisotopic (exact) mass is 443 g/mol. The minimum Gasteiger partial charge on any atom is -0.506 e. The smallest absolute Gasteiger partial charge is 0.305 e. The lowest BCUT2D eigenvalue weighted by molar-refractivity contribution is -0.125. The van der Waals surface area contributed by atoms with Crippen molar-refractivity contribution in [1.82, 2.24) is 10.3 Å². The maximum Gasteiger partial charge on any atom is 0.305 e. The fourth-order valence-electron chi connectivity index (χ4n) is 3.38. The molecule has 5 N–H and O–H groups in total. The first-order valence-corrected chi connectivity index (χ1v) is 11.4. The Morgan fingerprint density at radius 1 is 1.23 bits per heavy atom. The Bertz CT molecular complexity index is 1060. The molecule has 3 rings (SSSR count). The molecule has 0 bridgehead atoms. The average molecular weight is 444 g/mol. The summed E-state index contributed by atoms with van der Waals surface area (Å²) in [5.74, 6) is -0.0234. The molecule has 31 heavy (non-hydrogen) atoms. The number of rotatable bonds is 11. The number of phenols is 1. The summed E-state index contributed by atoms with van der Waals surface area (Å²) >= 11 is 1.04. The lowest BCUT2D eigenvalue weighted by Crippen LogP contribution is -2.39. The zero-order valence-corrected chi connectivity index (χ0v) is 18.5. The van der Waals surface area contributed by atoms with E-state index in [0.717, 1.165) is 41.7 Å². The van der Waals surface area contributed by atoms with Crippen LogP contribution in [0.4, 0.5) is 5.69 Å². The van der Waals surface area contributed by atoms with E-state index >= 15 is 0 Å². The molecule has 1 aromatic heterocycles. The van der Waals surface area contributed by atoms with E-state index in [9.17, 15) is 14.7 Å². The lowest BCUT2D eigenvalue weighted by atomic mass is 10.1. The maximum atomic E-state index is 12.4. The van der Waals surface area contributed by atoms with E-state index in [2.05, 4.69) is 17.2 Å². The molecule has 1 atom stereocenters. The molecule has 0 radical (unpaired) electrons. The minimum absolute atomic E-state index is 0.0292. The summed E-state index contributed by atoms with van der Waals surface area (Å²) in [6, 6.07) is 10.9. The number of unbranched alkanes of at least 4 members (excludes halogenated alkanes) is 2. The number of carbonyl (C=O) groups is 1. The number of carbonyl (C=O) groups excluding carboxylic acids is 1. The van der Waals surface area contributed by atoms with E-state index in [0.29, 0.717) is 41.8 Å². The second-order valence-corrected chi connectivity index (χ2v) is 8.53. The van der Waals surface area contributed by atoms with Gasteiger partial charge in [0.05, 0.1) is 11.3 Å². The number of amides is 1. The standard InChI is InChI=1S/C23H29N3O4S/c1-2-3-4-5-19(28)25-20(30-13-12-15-6-9-17(24)10-7-15)14-16-8-11-18(27)21-22(16)31-23(29)26-21/h6-11,20,27H,2-5,12-14,24H2,1H3,(H,25,28)(H,26,29). The van der Waals surface area contributed by atoms with Crippen LogP contribution in [0.15, 0.2) is 41.2 Å². The summed E-state index contributed by atoms with van der Waals surface area (Å²) in [4.78, 5) is 26.6. The number of hydrogen-bond acceptors (Lipinski definition) is 6. The number of phenolic OH excluding ortho intramolecular Hbond substituents is 1. The Hall–Kier alpha value is -2.84. The fourth-order valence-corrected chi connectivity index (χ4v) is 4.25. The molecular weight excluding hydrogens is 414 g/mol. The first kappa shape index (κ1) is 22.8. The van der Waals surface area contributed by atoms with Crippen molar-refractivity contribution in [3.05, 3.63) is 57.2 Å². The molecule has 2 aromatic carbocycles. The van der Waals surface area contributed by atoms with E-state index in [1.165, 1.54) is 0 Å². The minimum atomic E-state index is -0.534. The zero-order chi connectivity index (χ0) is 22.2. The number of nitrogens with two attached hydrogens (primary N) is 1. The van der Waals surface area contributed by atoms with Crippen LogP contribution in [0.5, 0.6) is 5.75 Å². The quantitative estimate of drug-likeness (QED) is 0.205. The molecule has 1 heterocycles. The number of aromatic amines is 1. The third-order valence-electron chi connectivity index (χ3n) is 5.06. The number of aromatic nitrogens is 1. The number of nitrogens with one attached hydrogen (secondary N) is 2. The van der Waals surface area contributed by atoms with Crippen LogP contribution in [-0.4, -0.2) is 28.8 Å². The van der Waals surface area contributed by atoms with Crippen LogP contribution >= 0.6 is 11.3 Å². The molecular formula is C23H29N3O4S. The van der Waals surface area contributed by atoms with Crippen molar-refractivity contribution in [1.29, 1.82) is 0 Å². The van der Waals surface area contributed by atoms with Gasteiger partial charge in [-0.05, 0) is 42.2 Å². The van der Waals surface area contributed by atoms with E-state index < -0.39 is 6.23 Å². The van der Waals surface area contributed by atoms with Crippen LogP contribution in [0.25, 0.3) is 10.2 Å². The van der Waals surface area contributed by atoms with Gasteiger partial charge in [0.1, 0.15) is 17.5 Å². The number of benzene rings is 2. The second-order valence-electron chi connectivity index (χ2n) is 7.54. The van der Waals surface area contributed by atoms with Crippen molar-refractivity contribution < 1.29 is 14.6 Å². The molecule has 166 valence electrons. The van der Waals surface area contributed by atoms with E-state index in [-0.39, 0.29) is 16.5 Å². The average Bonchev–Trinajstić information content (AvgIpc) is 3.14. The molecule has 0 fully saturated rings. The van der Waals surface area contributed by atoms with Gasteiger partial charge in [-0.2, -0.15) is 0 Å². The van der Waals surface area contributed by atoms with Gasteiger partial charge in [-0.25, -0.2) is 0 Å². The van der Waals surface area contributed by atoms with E-state index in [4.69, 9.17) is 10.5 Å². The van der Waals surface area contributed by atoms with Crippen LogP contribution in [0.3, 0.4) is 0 Å². The summed E-state index contributed by atoms with van der Waals surface area (Å²) in [6.07, 6.45) is 3.89. The molecule has 8 heteroatoms. The molecule has 0 aliphatic heterocycles. The second kappa shape index (κ2) is 11.0. The molecule has 1 unspecified atom stereocenters. The molecule has 1 amide bonds. The highest BCUT2D eigenvalue weighted by Gasteiger charge is 2.17. The number of hydrogen-bond donors (Lipinski definition) is 4. The van der Waals surface area contributed by atoms with Gasteiger partial charge in [0.2, 0.25) is 5.91 Å². The number of thiazole rings is 1. The van der Waals surface area contributed by atoms with Gasteiger partial charge in [0.15, 0.2) is 0 Å². The Morgan fingerprint density at radius 2 is 2.00 bits per heavy atom. The van der Waals surface area contributed by atoms with Gasteiger partial charge in [0.25, 0.3) is 0 Å². The van der Waals surface area contributed by atoms with Crippen molar-refractivity contribution in [3.63, 3.8) is 0 Å². The summed E-state index contributed by atoms with van der Waals surface area (Å²) in [6.45, 7) is 2.52. The Morgan fingerprint density at radius 3 is 2.74 bits per heavy atom. The Labute approximate surface area is 185 Å². The third kappa shape index (κ3) is 6.57. The van der Waals surface area contributed by atoms with Gasteiger partial charge in [-0.15, -0.1) is 0 Å². The van der Waals surface area contributed by atoms with E-state index in [1.807, 2.05) is 24.3 Å². The van der Waals surface area contributed by atoms with Crippen molar-refractivity contribution in [2.75, 3.05) is 12.3 Å². The molecule has 7 nitrogen and oxygen atoms in total. The van der Waals surface area contributed by atoms with E-state index in [1.54, 1.807) is 12.1 Å². The number of aromatic hydroxyl groups is 1. The van der Waals surface area contributed by atoms with Gasteiger partial charge < -0.3 is 25.9 Å². The highest BCUT2D eigenvalue weighted by atomic mass is 32.1. The Balaban J connectivity index is 1.70. The predicted molar refractivity (Wildman–Crippen MR) is 124 cm³/mol. The van der Waals surface area contributed by atoms with Crippen LogP contribution in [0.2, 0.25) is 0 Å². The largest absolute Gasteiger partial charge is 0.506 e. The molecule has 0 aliphatic carbocycles. The molecule has 0 aliphatic rings. The van der Waals surface area contributed by atoms with Crippen molar-refractivity contribution in [2.45, 2.75) is 51.7 Å². The number of nitrogen functional groups attached to an aromatic ring is 1. The predicted octanol–water partition coefficient (Wildman–Crippen LogP) is 3.70. The van der Waals surface area contributed by atoms with Crippen molar-refractivity contribution >= 4 is 33.1 Å². The van der Waals surface area contributed by atoms with Gasteiger partial charge in [-0.3, -0.25) is 9.59 Å². The van der Waals surface area contributed by atoms with Crippen LogP contribution < -0.4 is 15.9 Å². The van der Waals surface area contributed by atoms with Gasteiger partial charge in [-0.1, -0.05) is 49.3 Å². The normalized spacial score (nSPS) is 12.2. The zero-order valence-electron chi connectivity index (χ0n) is 17.6. The number of fused-ring (bicyclic) bond motifs is 1. The van der Waals surface area contributed by atoms with Crippen LogP contribution in [0, 0.1) is 0 Å². The number of H-pyrrole nitrogens is 1. The SMILES string of the molecule is CCCCCC(=O)NC(Cc1ccc(O)c2[nH]c(=O)sc12)OCCc1ccc(N)cc1. The summed E-state index contributed by atoms with van der Waals surface area (Å²) in [7, 11) is 0. The first-order valence-electron chi connectivity index (χ1n) is 10.5. The summed E-state index contributed by atoms with van der Waals surface area (Å²) in [5, 5.41) is 13.0. The lowest BCUT2D eigenvalue weighted by Gasteiger charge is -2.20. The van der Waals surface area contributed by atoms with Crippen molar-refractivity contribution in [2.24, 2.45) is 0 Å². The van der Waals surface area contributed by atoms with Crippen LogP contribution in [-0.2, 0) is 22.4 Å². The number of anilines is 1. The molecule has 0 saturated heterocycles. The molecule has 3 aromatic rings. The molecule has 0 spiro atoms. The first-order chi connectivity index (χ1) is 15.0. The summed E-state index contributed by atoms with van der Waals surface area (Å²) in [5.41, 5.74) is 8.79.